The summed E-state index contributed by atoms with van der Waals surface area (Å²) in [5.74, 6) is 0.131. The van der Waals surface area contributed by atoms with Crippen LogP contribution in [0.5, 0.6) is 5.75 Å². The Morgan fingerprint density at radius 3 is 1.96 bits per heavy atom. The molecule has 1 unspecified atom stereocenters. The van der Waals surface area contributed by atoms with Crippen LogP contribution in [-0.4, -0.2) is 22.5 Å². The van der Waals surface area contributed by atoms with E-state index in [4.69, 9.17) is 0 Å². The van der Waals surface area contributed by atoms with E-state index in [9.17, 15) is 10.2 Å². The predicted molar refractivity (Wildman–Crippen MR) is 109 cm³/mol. The van der Waals surface area contributed by atoms with E-state index in [-0.39, 0.29) is 5.75 Å². The summed E-state index contributed by atoms with van der Waals surface area (Å²) in [6, 6.07) is 23.9. The Morgan fingerprint density at radius 1 is 0.885 bits per heavy atom. The molecule has 0 aliphatic heterocycles. The SMILES string of the molecule is CC(N=Cc1cccc(Br)c1O)C(O)(c1ccccc1)c1ccccc1. The third-order valence-corrected chi connectivity index (χ3v) is 5.13. The molecule has 3 aromatic rings. The molecule has 132 valence electrons. The zero-order valence-electron chi connectivity index (χ0n) is 14.4. The summed E-state index contributed by atoms with van der Waals surface area (Å²) in [7, 11) is 0. The van der Waals surface area contributed by atoms with E-state index in [1.54, 1.807) is 18.3 Å². The number of hydrogen-bond donors (Lipinski definition) is 2. The third kappa shape index (κ3) is 3.57. The van der Waals surface area contributed by atoms with Crippen LogP contribution in [0.2, 0.25) is 0 Å². The first kappa shape index (κ1) is 18.4. The summed E-state index contributed by atoms with van der Waals surface area (Å²) >= 11 is 3.30. The average Bonchev–Trinajstić information content (AvgIpc) is 2.69. The molecule has 0 bridgehead atoms. The lowest BCUT2D eigenvalue weighted by atomic mass is 9.81. The summed E-state index contributed by atoms with van der Waals surface area (Å²) in [4.78, 5) is 4.57. The molecule has 0 aliphatic carbocycles. The lowest BCUT2D eigenvalue weighted by Crippen LogP contribution is -2.38. The van der Waals surface area contributed by atoms with Crippen LogP contribution in [0.15, 0.2) is 88.3 Å². The molecule has 3 nitrogen and oxygen atoms in total. The van der Waals surface area contributed by atoms with Gasteiger partial charge in [0.2, 0.25) is 0 Å². The Morgan fingerprint density at radius 2 is 1.42 bits per heavy atom. The molecular formula is C22H20BrNO2. The van der Waals surface area contributed by atoms with Crippen molar-refractivity contribution in [2.45, 2.75) is 18.6 Å². The number of nitrogens with zero attached hydrogens (tertiary/aromatic N) is 1. The number of para-hydroxylation sites is 1. The van der Waals surface area contributed by atoms with E-state index in [1.165, 1.54) is 0 Å². The van der Waals surface area contributed by atoms with Crippen molar-refractivity contribution in [2.24, 2.45) is 4.99 Å². The second kappa shape index (κ2) is 7.85. The number of hydrogen-bond acceptors (Lipinski definition) is 3. The molecule has 0 aromatic heterocycles. The van der Waals surface area contributed by atoms with Gasteiger partial charge in [-0.3, -0.25) is 4.99 Å². The van der Waals surface area contributed by atoms with Crippen molar-refractivity contribution >= 4 is 22.1 Å². The van der Waals surface area contributed by atoms with Crippen molar-refractivity contribution in [3.63, 3.8) is 0 Å². The Labute approximate surface area is 161 Å². The molecule has 4 heteroatoms. The van der Waals surface area contributed by atoms with Crippen LogP contribution in [-0.2, 0) is 5.60 Å². The Bertz CT molecular complexity index is 855. The highest BCUT2D eigenvalue weighted by molar-refractivity contribution is 9.10. The van der Waals surface area contributed by atoms with Crippen LogP contribution >= 0.6 is 15.9 Å². The molecule has 0 saturated heterocycles. The number of rotatable bonds is 5. The fraction of sp³-hybridized carbons (Fsp3) is 0.136. The summed E-state index contributed by atoms with van der Waals surface area (Å²) in [6.45, 7) is 1.87. The van der Waals surface area contributed by atoms with Gasteiger partial charge in [-0.25, -0.2) is 0 Å². The van der Waals surface area contributed by atoms with Crippen molar-refractivity contribution < 1.29 is 10.2 Å². The van der Waals surface area contributed by atoms with Gasteiger partial charge in [-0.1, -0.05) is 66.7 Å². The summed E-state index contributed by atoms with van der Waals surface area (Å²) in [5.41, 5.74) is 0.860. The molecule has 3 aromatic carbocycles. The van der Waals surface area contributed by atoms with E-state index >= 15 is 0 Å². The van der Waals surface area contributed by atoms with Crippen LogP contribution in [0, 0.1) is 0 Å². The van der Waals surface area contributed by atoms with Gasteiger partial charge in [-0.05, 0) is 46.1 Å². The Balaban J connectivity index is 2.02. The lowest BCUT2D eigenvalue weighted by molar-refractivity contribution is 0.0589. The minimum atomic E-state index is -1.28. The Hall–Kier alpha value is -2.43. The van der Waals surface area contributed by atoms with Crippen LogP contribution in [0.3, 0.4) is 0 Å². The third-order valence-electron chi connectivity index (χ3n) is 4.49. The molecular weight excluding hydrogens is 390 g/mol. The average molecular weight is 410 g/mol. The van der Waals surface area contributed by atoms with E-state index < -0.39 is 11.6 Å². The highest BCUT2D eigenvalue weighted by Crippen LogP contribution is 2.35. The number of aliphatic hydroxyl groups is 1. The molecule has 0 heterocycles. The first-order valence-electron chi connectivity index (χ1n) is 8.37. The van der Waals surface area contributed by atoms with Gasteiger partial charge in [-0.2, -0.15) is 0 Å². The molecule has 0 spiro atoms. The number of halogens is 1. The molecule has 26 heavy (non-hydrogen) atoms. The quantitative estimate of drug-likeness (QED) is 0.588. The minimum Gasteiger partial charge on any atom is -0.506 e. The van der Waals surface area contributed by atoms with Gasteiger partial charge in [0, 0.05) is 11.8 Å². The molecule has 1 atom stereocenters. The topological polar surface area (TPSA) is 52.8 Å². The highest BCUT2D eigenvalue weighted by atomic mass is 79.9. The molecule has 0 amide bonds. The van der Waals surface area contributed by atoms with Crippen LogP contribution < -0.4 is 0 Å². The van der Waals surface area contributed by atoms with Gasteiger partial charge >= 0.3 is 0 Å². The number of aliphatic imine (C=N–C) groups is 1. The maximum Gasteiger partial charge on any atom is 0.138 e. The van der Waals surface area contributed by atoms with Crippen molar-refractivity contribution in [2.75, 3.05) is 0 Å². The van der Waals surface area contributed by atoms with Gasteiger partial charge in [0.15, 0.2) is 0 Å². The first-order valence-corrected chi connectivity index (χ1v) is 9.17. The monoisotopic (exact) mass is 409 g/mol. The second-order valence-corrected chi connectivity index (χ2v) is 6.98. The van der Waals surface area contributed by atoms with Gasteiger partial charge in [0.25, 0.3) is 0 Å². The number of benzene rings is 3. The van der Waals surface area contributed by atoms with Gasteiger partial charge in [-0.15, -0.1) is 0 Å². The zero-order valence-corrected chi connectivity index (χ0v) is 16.0. The Kier molecular flexibility index (Phi) is 5.55. The molecule has 0 saturated carbocycles. The maximum absolute atomic E-state index is 11.6. The van der Waals surface area contributed by atoms with Crippen LogP contribution in [0.1, 0.15) is 23.6 Å². The lowest BCUT2D eigenvalue weighted by Gasteiger charge is -2.33. The van der Waals surface area contributed by atoms with Crippen LogP contribution in [0.25, 0.3) is 0 Å². The molecule has 3 rings (SSSR count). The number of phenols is 1. The second-order valence-electron chi connectivity index (χ2n) is 6.13. The summed E-state index contributed by atoms with van der Waals surface area (Å²) in [5, 5.41) is 21.8. The van der Waals surface area contributed by atoms with E-state index in [0.717, 1.165) is 11.1 Å². The van der Waals surface area contributed by atoms with Gasteiger partial charge in [0.1, 0.15) is 11.4 Å². The van der Waals surface area contributed by atoms with E-state index in [2.05, 4.69) is 20.9 Å². The molecule has 0 fully saturated rings. The molecule has 0 radical (unpaired) electrons. The minimum absolute atomic E-state index is 0.131. The standard InChI is InChI=1S/C22H20BrNO2/c1-16(24-15-17-9-8-14-20(23)21(17)25)22(26,18-10-4-2-5-11-18)19-12-6-3-7-13-19/h2-16,25-26H,1H3. The van der Waals surface area contributed by atoms with Gasteiger partial charge in [0.05, 0.1) is 10.5 Å². The van der Waals surface area contributed by atoms with Crippen molar-refractivity contribution in [1.29, 1.82) is 0 Å². The fourth-order valence-electron chi connectivity index (χ4n) is 2.97. The van der Waals surface area contributed by atoms with Crippen LogP contribution in [0.4, 0.5) is 0 Å². The smallest absolute Gasteiger partial charge is 0.138 e. The number of aromatic hydroxyl groups is 1. The first-order chi connectivity index (χ1) is 12.5. The van der Waals surface area contributed by atoms with Crippen molar-refractivity contribution in [3.8, 4) is 5.75 Å². The normalized spacial score (nSPS) is 13.0. The molecule has 0 aliphatic rings. The summed E-state index contributed by atoms with van der Waals surface area (Å²) in [6.07, 6.45) is 1.60. The number of phenolic OH excluding ortho intramolecular Hbond substituents is 1. The summed E-state index contributed by atoms with van der Waals surface area (Å²) < 4.78 is 0.607. The molecule has 2 N–H and O–H groups in total. The van der Waals surface area contributed by atoms with E-state index in [1.807, 2.05) is 73.7 Å². The van der Waals surface area contributed by atoms with Crippen molar-refractivity contribution in [1.82, 2.24) is 0 Å². The van der Waals surface area contributed by atoms with Crippen molar-refractivity contribution in [3.05, 3.63) is 100 Å². The fourth-order valence-corrected chi connectivity index (χ4v) is 3.35. The highest BCUT2D eigenvalue weighted by Gasteiger charge is 2.37. The predicted octanol–water partition coefficient (Wildman–Crippen LogP) is 4.90. The van der Waals surface area contributed by atoms with E-state index in [0.29, 0.717) is 10.0 Å². The largest absolute Gasteiger partial charge is 0.506 e. The zero-order chi connectivity index (χ0) is 18.6. The maximum atomic E-state index is 11.6. The van der Waals surface area contributed by atoms with Gasteiger partial charge < -0.3 is 10.2 Å².